The molecule has 96 valence electrons. The van der Waals surface area contributed by atoms with Crippen molar-refractivity contribution in [3.8, 4) is 0 Å². The van der Waals surface area contributed by atoms with Gasteiger partial charge in [-0.2, -0.15) is 5.10 Å². The molecule has 0 bridgehead atoms. The van der Waals surface area contributed by atoms with E-state index in [0.717, 1.165) is 5.56 Å². The smallest absolute Gasteiger partial charge is 0.348 e. The third kappa shape index (κ3) is 2.30. The lowest BCUT2D eigenvalue weighted by Crippen LogP contribution is -2.10. The number of aromatic nitrogens is 4. The molecule has 6 nitrogen and oxygen atoms in total. The number of nitrogens with zero attached hydrogens (tertiary/aromatic N) is 3. The second-order valence-corrected chi connectivity index (χ2v) is 4.01. The summed E-state index contributed by atoms with van der Waals surface area (Å²) < 4.78 is 14.1. The molecule has 0 fully saturated rings. The number of benzene rings is 1. The van der Waals surface area contributed by atoms with Crippen molar-refractivity contribution in [2.45, 2.75) is 6.54 Å². The summed E-state index contributed by atoms with van der Waals surface area (Å²) in [5, 5.41) is 9.25. The highest BCUT2D eigenvalue weighted by atomic mass is 19.1. The van der Waals surface area contributed by atoms with Gasteiger partial charge in [0.05, 0.1) is 0 Å². The molecule has 0 aliphatic carbocycles. The van der Waals surface area contributed by atoms with Gasteiger partial charge in [0.15, 0.2) is 5.65 Å². The lowest BCUT2D eigenvalue weighted by atomic mass is 10.2. The van der Waals surface area contributed by atoms with Gasteiger partial charge in [-0.3, -0.25) is 0 Å². The minimum atomic E-state index is -0.326. The molecule has 7 heteroatoms. The predicted octanol–water partition coefficient (Wildman–Crippen LogP) is 1.17. The largest absolute Gasteiger partial charge is 0.366 e. The molecular formula is C12H10FN5O. The minimum Gasteiger partial charge on any atom is -0.366 e. The molecule has 2 aromatic heterocycles. The van der Waals surface area contributed by atoms with E-state index in [1.807, 2.05) is 0 Å². The van der Waals surface area contributed by atoms with Gasteiger partial charge >= 0.3 is 5.69 Å². The van der Waals surface area contributed by atoms with E-state index in [1.54, 1.807) is 18.2 Å². The van der Waals surface area contributed by atoms with E-state index in [4.69, 9.17) is 0 Å². The number of anilines is 1. The minimum absolute atomic E-state index is 0.265. The summed E-state index contributed by atoms with van der Waals surface area (Å²) in [5.41, 5.74) is 1.09. The zero-order valence-electron chi connectivity index (χ0n) is 9.80. The van der Waals surface area contributed by atoms with E-state index >= 15 is 0 Å². The van der Waals surface area contributed by atoms with Crippen LogP contribution in [0.4, 0.5) is 10.2 Å². The van der Waals surface area contributed by atoms with Gasteiger partial charge in [0.25, 0.3) is 0 Å². The molecule has 0 radical (unpaired) electrons. The highest BCUT2D eigenvalue weighted by molar-refractivity contribution is 5.48. The zero-order chi connectivity index (χ0) is 13.2. The van der Waals surface area contributed by atoms with Crippen LogP contribution < -0.4 is 11.0 Å². The molecular weight excluding hydrogens is 249 g/mol. The zero-order valence-corrected chi connectivity index (χ0v) is 9.80. The first kappa shape index (κ1) is 11.4. The number of hydrogen-bond acceptors (Lipinski definition) is 4. The van der Waals surface area contributed by atoms with Crippen molar-refractivity contribution in [2.75, 3.05) is 5.32 Å². The summed E-state index contributed by atoms with van der Waals surface area (Å²) in [7, 11) is 0. The molecule has 2 heterocycles. The number of H-pyrrole nitrogens is 1. The van der Waals surface area contributed by atoms with E-state index in [-0.39, 0.29) is 11.5 Å². The molecule has 0 amide bonds. The summed E-state index contributed by atoms with van der Waals surface area (Å²) in [6.45, 7) is 0.512. The first-order chi connectivity index (χ1) is 9.22. The van der Waals surface area contributed by atoms with Crippen LogP contribution in [0.3, 0.4) is 0 Å². The van der Waals surface area contributed by atoms with Crippen LogP contribution in [-0.2, 0) is 6.54 Å². The third-order valence-corrected chi connectivity index (χ3v) is 2.70. The van der Waals surface area contributed by atoms with Crippen molar-refractivity contribution in [3.63, 3.8) is 0 Å². The fourth-order valence-electron chi connectivity index (χ4n) is 1.70. The standard InChI is InChI=1S/C12H10FN5O/c13-9-3-1-8(2-4-9)6-14-10-5-11-16-17-12(19)18(11)7-15-10/h1-5,7,14H,6H2,(H,17,19). The number of hydrogen-bond donors (Lipinski definition) is 2. The number of rotatable bonds is 3. The van der Waals surface area contributed by atoms with E-state index in [0.29, 0.717) is 18.0 Å². The fourth-order valence-corrected chi connectivity index (χ4v) is 1.70. The maximum atomic E-state index is 12.7. The molecule has 0 saturated carbocycles. The van der Waals surface area contributed by atoms with Gasteiger partial charge in [-0.15, -0.1) is 0 Å². The summed E-state index contributed by atoms with van der Waals surface area (Å²) in [6.07, 6.45) is 1.40. The number of halogens is 1. The average molecular weight is 259 g/mol. The van der Waals surface area contributed by atoms with Crippen LogP contribution in [-0.4, -0.2) is 19.6 Å². The Morgan fingerprint density at radius 1 is 1.32 bits per heavy atom. The van der Waals surface area contributed by atoms with E-state index in [1.165, 1.54) is 22.9 Å². The Morgan fingerprint density at radius 3 is 2.89 bits per heavy atom. The van der Waals surface area contributed by atoms with Crippen LogP contribution in [0.2, 0.25) is 0 Å². The molecule has 0 unspecified atom stereocenters. The average Bonchev–Trinajstić information content (AvgIpc) is 2.79. The molecule has 1 aromatic carbocycles. The van der Waals surface area contributed by atoms with E-state index in [9.17, 15) is 9.18 Å². The molecule has 0 aliphatic rings. The van der Waals surface area contributed by atoms with Crippen molar-refractivity contribution in [2.24, 2.45) is 0 Å². The van der Waals surface area contributed by atoms with Gasteiger partial charge in [-0.25, -0.2) is 23.7 Å². The first-order valence-electron chi connectivity index (χ1n) is 5.63. The number of aromatic amines is 1. The van der Waals surface area contributed by atoms with E-state index < -0.39 is 0 Å². The topological polar surface area (TPSA) is 75.1 Å². The Kier molecular flexibility index (Phi) is 2.71. The summed E-state index contributed by atoms with van der Waals surface area (Å²) in [5.74, 6) is 0.329. The summed E-state index contributed by atoms with van der Waals surface area (Å²) in [4.78, 5) is 15.3. The molecule has 3 rings (SSSR count). The first-order valence-corrected chi connectivity index (χ1v) is 5.63. The lowest BCUT2D eigenvalue weighted by molar-refractivity contribution is 0.627. The second-order valence-electron chi connectivity index (χ2n) is 4.01. The SMILES string of the molecule is O=c1[nH]nc2cc(NCc3ccc(F)cc3)ncn12. The third-order valence-electron chi connectivity index (χ3n) is 2.70. The molecule has 19 heavy (non-hydrogen) atoms. The molecule has 0 saturated heterocycles. The van der Waals surface area contributed by atoms with Crippen LogP contribution >= 0.6 is 0 Å². The highest BCUT2D eigenvalue weighted by Crippen LogP contribution is 2.08. The monoisotopic (exact) mass is 259 g/mol. The Labute approximate surface area is 106 Å². The Morgan fingerprint density at radius 2 is 2.11 bits per heavy atom. The van der Waals surface area contributed by atoms with Crippen LogP contribution in [0.5, 0.6) is 0 Å². The van der Waals surface area contributed by atoms with Gasteiger partial charge in [0.1, 0.15) is 18.0 Å². The van der Waals surface area contributed by atoms with Crippen LogP contribution in [0, 0.1) is 5.82 Å². The quantitative estimate of drug-likeness (QED) is 0.740. The number of fused-ring (bicyclic) bond motifs is 1. The van der Waals surface area contributed by atoms with Crippen molar-refractivity contribution >= 4 is 11.5 Å². The van der Waals surface area contributed by atoms with Gasteiger partial charge in [0.2, 0.25) is 0 Å². The van der Waals surface area contributed by atoms with Gasteiger partial charge in [-0.05, 0) is 17.7 Å². The fraction of sp³-hybridized carbons (Fsp3) is 0.0833. The Hall–Kier alpha value is -2.70. The van der Waals surface area contributed by atoms with Crippen molar-refractivity contribution in [1.29, 1.82) is 0 Å². The lowest BCUT2D eigenvalue weighted by Gasteiger charge is -2.05. The Bertz CT molecular complexity index is 762. The molecule has 2 N–H and O–H groups in total. The van der Waals surface area contributed by atoms with Crippen molar-refractivity contribution in [3.05, 3.63) is 58.5 Å². The van der Waals surface area contributed by atoms with Crippen molar-refractivity contribution in [1.82, 2.24) is 19.6 Å². The highest BCUT2D eigenvalue weighted by Gasteiger charge is 2.02. The van der Waals surface area contributed by atoms with Gasteiger partial charge < -0.3 is 5.32 Å². The number of nitrogens with one attached hydrogen (secondary N) is 2. The normalized spacial score (nSPS) is 10.8. The van der Waals surface area contributed by atoms with Gasteiger partial charge in [-0.1, -0.05) is 12.1 Å². The summed E-state index contributed by atoms with van der Waals surface area (Å²) in [6, 6.07) is 7.85. The predicted molar refractivity (Wildman–Crippen MR) is 67.3 cm³/mol. The molecule has 0 aliphatic heterocycles. The molecule has 0 atom stereocenters. The van der Waals surface area contributed by atoms with Crippen molar-refractivity contribution < 1.29 is 4.39 Å². The Balaban J connectivity index is 1.78. The summed E-state index contributed by atoms with van der Waals surface area (Å²) >= 11 is 0. The second kappa shape index (κ2) is 4.52. The maximum Gasteiger partial charge on any atom is 0.348 e. The van der Waals surface area contributed by atoms with Crippen LogP contribution in [0.1, 0.15) is 5.56 Å². The molecule has 0 spiro atoms. The molecule has 3 aromatic rings. The van der Waals surface area contributed by atoms with Crippen LogP contribution in [0.15, 0.2) is 41.5 Å². The van der Waals surface area contributed by atoms with Crippen LogP contribution in [0.25, 0.3) is 5.65 Å². The van der Waals surface area contributed by atoms with E-state index in [2.05, 4.69) is 20.5 Å². The van der Waals surface area contributed by atoms with Gasteiger partial charge in [0, 0.05) is 12.6 Å². The maximum absolute atomic E-state index is 12.7.